The molecule has 3 nitrogen and oxygen atoms in total. The molecule has 0 saturated heterocycles. The number of halogens is 4. The molecule has 0 bridgehead atoms. The molecule has 0 fully saturated rings. The number of aryl methyl sites for hydroxylation is 1. The van der Waals surface area contributed by atoms with Crippen LogP contribution in [-0.4, -0.2) is 31.8 Å². The van der Waals surface area contributed by atoms with Gasteiger partial charge in [-0.2, -0.15) is 13.2 Å². The zero-order valence-corrected chi connectivity index (χ0v) is 17.0. The summed E-state index contributed by atoms with van der Waals surface area (Å²) in [5.74, 6) is 0.414. The second-order valence-corrected chi connectivity index (χ2v) is 6.24. The molecule has 1 rings (SSSR count). The van der Waals surface area contributed by atoms with E-state index < -0.39 is 12.6 Å². The van der Waals surface area contributed by atoms with E-state index >= 15 is 0 Å². The van der Waals surface area contributed by atoms with Crippen molar-refractivity contribution in [3.05, 3.63) is 35.4 Å². The van der Waals surface area contributed by atoms with Crippen LogP contribution in [0.1, 0.15) is 38.3 Å². The first-order valence-corrected chi connectivity index (χ1v) is 7.80. The highest BCUT2D eigenvalue weighted by molar-refractivity contribution is 14.0. The molecule has 0 heterocycles. The molecule has 0 atom stereocenters. The molecule has 0 amide bonds. The molecule has 24 heavy (non-hydrogen) atoms. The third kappa shape index (κ3) is 8.75. The smallest absolute Gasteiger partial charge is 0.357 e. The number of rotatable bonds is 6. The molecule has 0 aromatic heterocycles. The molecule has 0 aliphatic rings. The Morgan fingerprint density at radius 3 is 2.17 bits per heavy atom. The van der Waals surface area contributed by atoms with Gasteiger partial charge in [0.2, 0.25) is 0 Å². The zero-order chi connectivity index (χ0) is 17.5. The van der Waals surface area contributed by atoms with Crippen molar-refractivity contribution >= 4 is 29.9 Å². The molecule has 0 radical (unpaired) electrons. The fraction of sp³-hybridized carbons (Fsp3) is 0.588. The lowest BCUT2D eigenvalue weighted by Crippen LogP contribution is -2.40. The van der Waals surface area contributed by atoms with Crippen LogP contribution in [0.3, 0.4) is 0 Å². The van der Waals surface area contributed by atoms with Gasteiger partial charge in [-0.1, -0.05) is 43.7 Å². The second-order valence-electron chi connectivity index (χ2n) is 6.24. The molecule has 1 aromatic carbocycles. The van der Waals surface area contributed by atoms with Gasteiger partial charge in [0, 0.05) is 18.5 Å². The van der Waals surface area contributed by atoms with Crippen LogP contribution in [0.25, 0.3) is 0 Å². The van der Waals surface area contributed by atoms with Crippen LogP contribution in [0.15, 0.2) is 29.3 Å². The average molecular weight is 457 g/mol. The third-order valence-electron chi connectivity index (χ3n) is 3.51. The molecule has 0 aliphatic carbocycles. The lowest BCUT2D eigenvalue weighted by Gasteiger charge is -2.24. The van der Waals surface area contributed by atoms with Gasteiger partial charge in [0.25, 0.3) is 0 Å². The normalized spacial score (nSPS) is 12.5. The van der Waals surface area contributed by atoms with Crippen LogP contribution >= 0.6 is 24.0 Å². The predicted octanol–water partition coefficient (Wildman–Crippen LogP) is 4.40. The molecule has 1 aromatic rings. The number of nitrogens with zero attached hydrogens (tertiary/aromatic N) is 1. The summed E-state index contributed by atoms with van der Waals surface area (Å²) >= 11 is 0. The van der Waals surface area contributed by atoms with E-state index in [-0.39, 0.29) is 35.9 Å². The third-order valence-corrected chi connectivity index (χ3v) is 3.51. The first kappa shape index (κ1) is 23.0. The van der Waals surface area contributed by atoms with Crippen molar-refractivity contribution in [3.63, 3.8) is 0 Å². The Bertz CT molecular complexity index is 511. The Labute approximate surface area is 159 Å². The number of hydrogen-bond acceptors (Lipinski definition) is 1. The number of aliphatic imine (C=N–C) groups is 1. The minimum atomic E-state index is -4.16. The van der Waals surface area contributed by atoms with E-state index in [0.717, 1.165) is 5.56 Å². The fourth-order valence-electron chi connectivity index (χ4n) is 2.04. The summed E-state index contributed by atoms with van der Waals surface area (Å²) in [6, 6.07) is 8.23. The van der Waals surface area contributed by atoms with Gasteiger partial charge in [0.1, 0.15) is 0 Å². The molecule has 0 aliphatic heterocycles. The van der Waals surface area contributed by atoms with Crippen LogP contribution in [0.2, 0.25) is 0 Å². The summed E-state index contributed by atoms with van der Waals surface area (Å²) in [5, 5.41) is 5.70. The molecule has 7 heteroatoms. The maximum Gasteiger partial charge on any atom is 0.390 e. The van der Waals surface area contributed by atoms with Crippen molar-refractivity contribution in [1.29, 1.82) is 0 Å². The number of guanidine groups is 1. The molecule has 0 spiro atoms. The first-order chi connectivity index (χ1) is 10.6. The van der Waals surface area contributed by atoms with Crippen LogP contribution in [0, 0.1) is 6.92 Å². The lowest BCUT2D eigenvalue weighted by atomic mass is 9.84. The number of nitrogens with one attached hydrogen (secondary N) is 2. The molecule has 2 N–H and O–H groups in total. The Morgan fingerprint density at radius 1 is 1.08 bits per heavy atom. The van der Waals surface area contributed by atoms with E-state index in [1.54, 1.807) is 0 Å². The van der Waals surface area contributed by atoms with Crippen molar-refractivity contribution in [2.45, 2.75) is 45.7 Å². The van der Waals surface area contributed by atoms with Gasteiger partial charge in [-0.3, -0.25) is 4.99 Å². The van der Waals surface area contributed by atoms with Crippen LogP contribution in [-0.2, 0) is 5.41 Å². The summed E-state index contributed by atoms with van der Waals surface area (Å²) in [7, 11) is 0. The maximum atomic E-state index is 12.2. The average Bonchev–Trinajstić information content (AvgIpc) is 2.44. The summed E-state index contributed by atoms with van der Waals surface area (Å²) < 4.78 is 36.7. The molecule has 138 valence electrons. The number of hydrogen-bond donors (Lipinski definition) is 2. The zero-order valence-electron chi connectivity index (χ0n) is 14.6. The molecule has 0 saturated carbocycles. The van der Waals surface area contributed by atoms with E-state index in [1.165, 1.54) is 5.56 Å². The highest BCUT2D eigenvalue weighted by atomic mass is 127. The largest absolute Gasteiger partial charge is 0.390 e. The first-order valence-electron chi connectivity index (χ1n) is 7.80. The van der Waals surface area contributed by atoms with Gasteiger partial charge in [-0.25, -0.2) is 0 Å². The molecular weight excluding hydrogens is 430 g/mol. The Balaban J connectivity index is 0.00000529. The minimum Gasteiger partial charge on any atom is -0.357 e. The van der Waals surface area contributed by atoms with Crippen LogP contribution in [0.4, 0.5) is 13.2 Å². The molecule has 0 unspecified atom stereocenters. The van der Waals surface area contributed by atoms with Gasteiger partial charge >= 0.3 is 6.18 Å². The monoisotopic (exact) mass is 457 g/mol. The van der Waals surface area contributed by atoms with Gasteiger partial charge in [0.15, 0.2) is 5.96 Å². The SMILES string of the molecule is CCNC(=NCC(C)(C)c1ccc(C)cc1)NCCC(F)(F)F.I. The van der Waals surface area contributed by atoms with Crippen molar-refractivity contribution in [3.8, 4) is 0 Å². The Kier molecular flexibility index (Phi) is 9.69. The van der Waals surface area contributed by atoms with Gasteiger partial charge in [0.05, 0.1) is 13.0 Å². The standard InChI is InChI=1S/C17H26F3N3.HI/c1-5-21-15(22-11-10-17(18,19)20)23-12-16(3,4)14-8-6-13(2)7-9-14;/h6-9H,5,10-12H2,1-4H3,(H2,21,22,23);1H. The quantitative estimate of drug-likeness (QED) is 0.378. The summed E-state index contributed by atoms with van der Waals surface area (Å²) in [4.78, 5) is 4.43. The van der Waals surface area contributed by atoms with Crippen molar-refractivity contribution in [2.75, 3.05) is 19.6 Å². The summed E-state index contributed by atoms with van der Waals surface area (Å²) in [6.07, 6.45) is -5.04. The van der Waals surface area contributed by atoms with E-state index in [2.05, 4.69) is 41.6 Å². The summed E-state index contributed by atoms with van der Waals surface area (Å²) in [5.41, 5.74) is 2.15. The van der Waals surface area contributed by atoms with Crippen molar-refractivity contribution in [2.24, 2.45) is 4.99 Å². The van der Waals surface area contributed by atoms with E-state index in [1.807, 2.05) is 26.0 Å². The second kappa shape index (κ2) is 10.1. The van der Waals surface area contributed by atoms with E-state index in [4.69, 9.17) is 0 Å². The molecular formula is C17H27F3IN3. The topological polar surface area (TPSA) is 36.4 Å². The number of benzene rings is 1. The predicted molar refractivity (Wildman–Crippen MR) is 104 cm³/mol. The van der Waals surface area contributed by atoms with Crippen LogP contribution < -0.4 is 10.6 Å². The van der Waals surface area contributed by atoms with E-state index in [0.29, 0.717) is 19.0 Å². The van der Waals surface area contributed by atoms with Crippen molar-refractivity contribution in [1.82, 2.24) is 10.6 Å². The fourth-order valence-corrected chi connectivity index (χ4v) is 2.04. The van der Waals surface area contributed by atoms with E-state index in [9.17, 15) is 13.2 Å². The van der Waals surface area contributed by atoms with Gasteiger partial charge in [-0.05, 0) is 19.4 Å². The van der Waals surface area contributed by atoms with Gasteiger partial charge in [-0.15, -0.1) is 24.0 Å². The van der Waals surface area contributed by atoms with Gasteiger partial charge < -0.3 is 10.6 Å². The highest BCUT2D eigenvalue weighted by Gasteiger charge is 2.26. The minimum absolute atomic E-state index is 0. The Morgan fingerprint density at radius 2 is 1.67 bits per heavy atom. The highest BCUT2D eigenvalue weighted by Crippen LogP contribution is 2.23. The summed E-state index contributed by atoms with van der Waals surface area (Å²) in [6.45, 7) is 8.95. The van der Waals surface area contributed by atoms with Crippen molar-refractivity contribution < 1.29 is 13.2 Å². The van der Waals surface area contributed by atoms with Crippen LogP contribution in [0.5, 0.6) is 0 Å². The lowest BCUT2D eigenvalue weighted by molar-refractivity contribution is -0.132. The number of alkyl halides is 3. The Hall–Kier alpha value is -0.990. The maximum absolute atomic E-state index is 12.2.